The molecule has 0 aromatic carbocycles. The van der Waals surface area contributed by atoms with Gasteiger partial charge in [-0.3, -0.25) is 0 Å². The predicted octanol–water partition coefficient (Wildman–Crippen LogP) is 2.71. The van der Waals surface area contributed by atoms with Crippen LogP contribution in [0.3, 0.4) is 0 Å². The molecule has 0 bridgehead atoms. The highest BCUT2D eigenvalue weighted by Gasteiger charge is 2.13. The number of carboxylic acid groups (broad SMARTS) is 1. The second-order valence-electron chi connectivity index (χ2n) is 4.04. The van der Waals surface area contributed by atoms with E-state index in [4.69, 9.17) is 5.11 Å². The van der Waals surface area contributed by atoms with Crippen LogP contribution in [0.2, 0.25) is 0 Å². The first-order valence-electron chi connectivity index (χ1n) is 5.96. The van der Waals surface area contributed by atoms with Crippen molar-refractivity contribution in [1.82, 2.24) is 15.3 Å². The molecule has 0 aliphatic rings. The highest BCUT2D eigenvalue weighted by atomic mass is 32.1. The molecular formula is C12H15N3O2S2. The average molecular weight is 297 g/mol. The van der Waals surface area contributed by atoms with E-state index in [2.05, 4.69) is 22.2 Å². The lowest BCUT2D eigenvalue weighted by molar-refractivity contribution is 0.0702. The minimum atomic E-state index is -0.925. The third-order valence-corrected chi connectivity index (χ3v) is 4.90. The van der Waals surface area contributed by atoms with Crippen LogP contribution in [0, 0.1) is 0 Å². The van der Waals surface area contributed by atoms with Gasteiger partial charge < -0.3 is 10.4 Å². The van der Waals surface area contributed by atoms with Gasteiger partial charge in [-0.1, -0.05) is 6.92 Å². The van der Waals surface area contributed by atoms with Crippen LogP contribution in [-0.4, -0.2) is 21.0 Å². The number of nitrogens with one attached hydrogen (secondary N) is 1. The largest absolute Gasteiger partial charge is 0.477 e. The zero-order chi connectivity index (χ0) is 13.8. The van der Waals surface area contributed by atoms with Crippen LogP contribution < -0.4 is 5.32 Å². The van der Waals surface area contributed by atoms with Gasteiger partial charge in [0.25, 0.3) is 0 Å². The minimum absolute atomic E-state index is 0.0327. The molecule has 5 nitrogen and oxygen atoms in total. The monoisotopic (exact) mass is 297 g/mol. The Morgan fingerprint density at radius 2 is 2.21 bits per heavy atom. The molecule has 2 heterocycles. The van der Waals surface area contributed by atoms with Crippen LogP contribution >= 0.6 is 22.7 Å². The lowest BCUT2D eigenvalue weighted by Crippen LogP contribution is -2.17. The maximum atomic E-state index is 10.8. The van der Waals surface area contributed by atoms with E-state index in [1.54, 1.807) is 11.3 Å². The van der Waals surface area contributed by atoms with Crippen molar-refractivity contribution < 1.29 is 9.90 Å². The second kappa shape index (κ2) is 6.23. The Bertz CT molecular complexity index is 565. The summed E-state index contributed by atoms with van der Waals surface area (Å²) in [6.07, 6.45) is 4.24. The molecule has 2 aromatic heterocycles. The van der Waals surface area contributed by atoms with Crippen molar-refractivity contribution in [2.45, 2.75) is 32.9 Å². The van der Waals surface area contributed by atoms with Crippen molar-refractivity contribution in [3.63, 3.8) is 0 Å². The normalized spacial score (nSPS) is 12.5. The van der Waals surface area contributed by atoms with Crippen molar-refractivity contribution in [3.8, 4) is 0 Å². The first-order chi connectivity index (χ1) is 9.10. The number of hydrogen-bond acceptors (Lipinski definition) is 6. The number of rotatable bonds is 6. The van der Waals surface area contributed by atoms with E-state index >= 15 is 0 Å². The number of carboxylic acids is 1. The third-order valence-electron chi connectivity index (χ3n) is 2.59. The summed E-state index contributed by atoms with van der Waals surface area (Å²) in [7, 11) is 0. The van der Waals surface area contributed by atoms with Gasteiger partial charge in [0.2, 0.25) is 0 Å². The maximum absolute atomic E-state index is 10.8. The van der Waals surface area contributed by atoms with E-state index in [1.807, 2.05) is 13.1 Å². The van der Waals surface area contributed by atoms with Gasteiger partial charge in [-0.25, -0.2) is 14.8 Å². The Labute approximate surface area is 119 Å². The van der Waals surface area contributed by atoms with Crippen molar-refractivity contribution in [2.24, 2.45) is 0 Å². The molecule has 1 atom stereocenters. The molecule has 2 N–H and O–H groups in total. The van der Waals surface area contributed by atoms with E-state index in [0.29, 0.717) is 0 Å². The summed E-state index contributed by atoms with van der Waals surface area (Å²) in [6, 6.07) is 0.0327. The first kappa shape index (κ1) is 14.1. The zero-order valence-corrected chi connectivity index (χ0v) is 12.3. The topological polar surface area (TPSA) is 75.1 Å². The minimum Gasteiger partial charge on any atom is -0.477 e. The number of aryl methyl sites for hydroxylation is 1. The Morgan fingerprint density at radius 1 is 1.42 bits per heavy atom. The summed E-state index contributed by atoms with van der Waals surface area (Å²) in [4.78, 5) is 20.7. The van der Waals surface area contributed by atoms with Crippen molar-refractivity contribution in [2.75, 3.05) is 0 Å². The molecule has 0 amide bonds. The van der Waals surface area contributed by atoms with Gasteiger partial charge in [-0.2, -0.15) is 0 Å². The Hall–Kier alpha value is -1.31. The molecule has 7 heteroatoms. The van der Waals surface area contributed by atoms with Crippen LogP contribution in [0.25, 0.3) is 0 Å². The van der Waals surface area contributed by atoms with Crippen LogP contribution in [0.15, 0.2) is 12.4 Å². The van der Waals surface area contributed by atoms with Crippen molar-refractivity contribution in [1.29, 1.82) is 0 Å². The Morgan fingerprint density at radius 3 is 2.79 bits per heavy atom. The van der Waals surface area contributed by atoms with Gasteiger partial charge in [-0.15, -0.1) is 22.7 Å². The number of hydrogen-bond donors (Lipinski definition) is 2. The zero-order valence-electron chi connectivity index (χ0n) is 10.7. The quantitative estimate of drug-likeness (QED) is 0.857. The number of nitrogens with zero attached hydrogens (tertiary/aromatic N) is 2. The number of aromatic carboxylic acids is 1. The highest BCUT2D eigenvalue weighted by molar-refractivity contribution is 7.13. The maximum Gasteiger partial charge on any atom is 0.347 e. The van der Waals surface area contributed by atoms with Gasteiger partial charge in [0.15, 0.2) is 0 Å². The van der Waals surface area contributed by atoms with Crippen LogP contribution in [-0.2, 0) is 13.0 Å². The van der Waals surface area contributed by atoms with E-state index in [0.717, 1.165) is 23.0 Å². The molecule has 2 rings (SSSR count). The molecule has 102 valence electrons. The SMILES string of the molecule is CCc1ncc(CNC(C)c2ncc(C(=O)O)s2)s1. The molecular weight excluding hydrogens is 282 g/mol. The fraction of sp³-hybridized carbons (Fsp3) is 0.417. The van der Waals surface area contributed by atoms with E-state index in [-0.39, 0.29) is 10.9 Å². The fourth-order valence-electron chi connectivity index (χ4n) is 1.52. The Kier molecular flexibility index (Phi) is 4.62. The van der Waals surface area contributed by atoms with E-state index in [1.165, 1.54) is 22.4 Å². The number of aromatic nitrogens is 2. The number of carbonyl (C=O) groups is 1. The summed E-state index contributed by atoms with van der Waals surface area (Å²) >= 11 is 2.90. The molecule has 0 fully saturated rings. The molecule has 19 heavy (non-hydrogen) atoms. The summed E-state index contributed by atoms with van der Waals surface area (Å²) in [5.41, 5.74) is 0. The smallest absolute Gasteiger partial charge is 0.347 e. The summed E-state index contributed by atoms with van der Waals surface area (Å²) in [5.74, 6) is -0.925. The first-order valence-corrected chi connectivity index (χ1v) is 7.59. The molecule has 0 saturated heterocycles. The standard InChI is InChI=1S/C12H15N3O2S2/c1-3-10-14-5-8(18-10)4-13-7(2)11-15-6-9(19-11)12(16)17/h5-7,13H,3-4H2,1-2H3,(H,16,17). The molecule has 0 aliphatic carbocycles. The molecule has 0 radical (unpaired) electrons. The fourth-order valence-corrected chi connectivity index (χ4v) is 3.12. The van der Waals surface area contributed by atoms with Gasteiger partial charge in [0.05, 0.1) is 17.2 Å². The van der Waals surface area contributed by atoms with Crippen LogP contribution in [0.4, 0.5) is 0 Å². The second-order valence-corrected chi connectivity index (χ2v) is 6.31. The van der Waals surface area contributed by atoms with E-state index in [9.17, 15) is 4.79 Å². The summed E-state index contributed by atoms with van der Waals surface area (Å²) < 4.78 is 0. The molecule has 0 aliphatic heterocycles. The predicted molar refractivity (Wildman–Crippen MR) is 75.8 cm³/mol. The van der Waals surface area contributed by atoms with Crippen LogP contribution in [0.5, 0.6) is 0 Å². The summed E-state index contributed by atoms with van der Waals surface area (Å²) in [5, 5.41) is 14.1. The van der Waals surface area contributed by atoms with Gasteiger partial charge in [0.1, 0.15) is 9.88 Å². The average Bonchev–Trinajstić information content (AvgIpc) is 3.04. The van der Waals surface area contributed by atoms with Gasteiger partial charge >= 0.3 is 5.97 Å². The van der Waals surface area contributed by atoms with Crippen molar-refractivity contribution in [3.05, 3.63) is 32.2 Å². The molecule has 0 spiro atoms. The lowest BCUT2D eigenvalue weighted by Gasteiger charge is -2.09. The lowest BCUT2D eigenvalue weighted by atomic mass is 10.3. The molecule has 0 saturated carbocycles. The van der Waals surface area contributed by atoms with Gasteiger partial charge in [0, 0.05) is 17.6 Å². The Balaban J connectivity index is 1.92. The molecule has 2 aromatic rings. The molecule has 1 unspecified atom stereocenters. The highest BCUT2D eigenvalue weighted by Crippen LogP contribution is 2.21. The third kappa shape index (κ3) is 3.59. The van der Waals surface area contributed by atoms with Crippen LogP contribution in [0.1, 0.15) is 44.5 Å². The van der Waals surface area contributed by atoms with Gasteiger partial charge in [-0.05, 0) is 13.3 Å². The number of thiazole rings is 2. The summed E-state index contributed by atoms with van der Waals surface area (Å²) in [6.45, 7) is 4.79. The van der Waals surface area contributed by atoms with Crippen molar-refractivity contribution >= 4 is 28.6 Å². The van der Waals surface area contributed by atoms with E-state index < -0.39 is 5.97 Å².